The van der Waals surface area contributed by atoms with Crippen molar-refractivity contribution in [1.29, 1.82) is 0 Å². The van der Waals surface area contributed by atoms with Gasteiger partial charge in [-0.15, -0.1) is 0 Å². The molecule has 2 N–H and O–H groups in total. The predicted octanol–water partition coefficient (Wildman–Crippen LogP) is 4.68. The third-order valence-electron chi connectivity index (χ3n) is 5.09. The number of ether oxygens (including phenoxy) is 7. The second kappa shape index (κ2) is 17.8. The summed E-state index contributed by atoms with van der Waals surface area (Å²) in [6, 6.07) is 4.27. The molecule has 0 bridgehead atoms. The standard InChI is InChI=1S/C26H39NO11/c1-5-8-9-15-35-23(29)36-16-12-26(27,22(28)32-4)18-19-10-11-20(37-24(30)33-13-6-2)21(17-19)38-25(31)34-14-7-3/h10-11,17H,5-9,12-16,18,27H2,1-4H3/t26-/m1/s1. The second-order valence-electron chi connectivity index (χ2n) is 8.41. The Morgan fingerprint density at radius 3 is 1.89 bits per heavy atom. The van der Waals surface area contributed by atoms with E-state index in [0.29, 0.717) is 18.4 Å². The molecule has 0 unspecified atom stereocenters. The van der Waals surface area contributed by atoms with Crippen molar-refractivity contribution in [1.82, 2.24) is 0 Å². The van der Waals surface area contributed by atoms with E-state index in [9.17, 15) is 19.2 Å². The maximum atomic E-state index is 12.5. The van der Waals surface area contributed by atoms with Crippen LogP contribution in [-0.4, -0.2) is 63.5 Å². The molecular weight excluding hydrogens is 502 g/mol. The molecular formula is C26H39NO11. The molecule has 0 aliphatic heterocycles. The van der Waals surface area contributed by atoms with Crippen LogP contribution in [-0.2, 0) is 34.9 Å². The highest BCUT2D eigenvalue weighted by Gasteiger charge is 2.36. The molecule has 214 valence electrons. The SMILES string of the molecule is CCCCCOC(=O)OCC[C@@](N)(Cc1ccc(OC(=O)OCCC)c(OC(=O)OCCC)c1)C(=O)OC. The number of methoxy groups -OCH3 is 1. The molecule has 0 saturated carbocycles. The highest BCUT2D eigenvalue weighted by atomic mass is 16.7. The summed E-state index contributed by atoms with van der Waals surface area (Å²) in [6.07, 6.45) is 0.783. The van der Waals surface area contributed by atoms with Gasteiger partial charge in [0, 0.05) is 12.8 Å². The smallest absolute Gasteiger partial charge is 0.468 e. The van der Waals surface area contributed by atoms with Gasteiger partial charge in [0.05, 0.1) is 33.5 Å². The molecule has 0 heterocycles. The average Bonchev–Trinajstić information content (AvgIpc) is 2.89. The van der Waals surface area contributed by atoms with Crippen LogP contribution in [0.15, 0.2) is 18.2 Å². The molecule has 0 spiro atoms. The summed E-state index contributed by atoms with van der Waals surface area (Å²) < 4.78 is 35.1. The molecule has 0 aliphatic carbocycles. The monoisotopic (exact) mass is 541 g/mol. The molecule has 12 nitrogen and oxygen atoms in total. The van der Waals surface area contributed by atoms with Crippen LogP contribution >= 0.6 is 0 Å². The van der Waals surface area contributed by atoms with Crippen molar-refractivity contribution in [3.05, 3.63) is 23.8 Å². The van der Waals surface area contributed by atoms with Crippen LogP contribution in [0, 0.1) is 0 Å². The van der Waals surface area contributed by atoms with E-state index in [0.717, 1.165) is 19.3 Å². The molecule has 12 heteroatoms. The maximum Gasteiger partial charge on any atom is 0.513 e. The van der Waals surface area contributed by atoms with Gasteiger partial charge in [0.25, 0.3) is 0 Å². The molecule has 0 radical (unpaired) electrons. The van der Waals surface area contributed by atoms with E-state index in [1.807, 2.05) is 20.8 Å². The third kappa shape index (κ3) is 12.1. The van der Waals surface area contributed by atoms with Crippen molar-refractivity contribution >= 4 is 24.4 Å². The fraction of sp³-hybridized carbons (Fsp3) is 0.615. The van der Waals surface area contributed by atoms with E-state index >= 15 is 0 Å². The Morgan fingerprint density at radius 1 is 0.737 bits per heavy atom. The summed E-state index contributed by atoms with van der Waals surface area (Å²) in [4.78, 5) is 48.4. The van der Waals surface area contributed by atoms with Gasteiger partial charge in [-0.2, -0.15) is 0 Å². The largest absolute Gasteiger partial charge is 0.513 e. The van der Waals surface area contributed by atoms with Crippen LogP contribution < -0.4 is 15.2 Å². The molecule has 1 aromatic rings. The summed E-state index contributed by atoms with van der Waals surface area (Å²) in [5, 5.41) is 0. The highest BCUT2D eigenvalue weighted by molar-refractivity contribution is 5.81. The van der Waals surface area contributed by atoms with Gasteiger partial charge in [0.15, 0.2) is 11.5 Å². The van der Waals surface area contributed by atoms with Gasteiger partial charge < -0.3 is 38.9 Å². The zero-order chi connectivity index (χ0) is 28.4. The summed E-state index contributed by atoms with van der Waals surface area (Å²) in [6.45, 7) is 5.98. The van der Waals surface area contributed by atoms with E-state index in [1.54, 1.807) is 0 Å². The number of benzene rings is 1. The Balaban J connectivity index is 3.01. The lowest BCUT2D eigenvalue weighted by atomic mass is 9.88. The number of hydrogen-bond acceptors (Lipinski definition) is 12. The van der Waals surface area contributed by atoms with Gasteiger partial charge in [-0.25, -0.2) is 14.4 Å². The molecule has 0 fully saturated rings. The van der Waals surface area contributed by atoms with Crippen LogP contribution in [0.3, 0.4) is 0 Å². The van der Waals surface area contributed by atoms with Crippen LogP contribution in [0.25, 0.3) is 0 Å². The zero-order valence-corrected chi connectivity index (χ0v) is 22.6. The number of carbonyl (C=O) groups excluding carboxylic acids is 4. The average molecular weight is 542 g/mol. The Hall–Kier alpha value is -3.54. The van der Waals surface area contributed by atoms with Gasteiger partial charge in [0.1, 0.15) is 5.54 Å². The van der Waals surface area contributed by atoms with E-state index in [1.165, 1.54) is 25.3 Å². The zero-order valence-electron chi connectivity index (χ0n) is 22.6. The molecule has 1 rings (SSSR count). The van der Waals surface area contributed by atoms with Crippen molar-refractivity contribution in [2.75, 3.05) is 33.5 Å². The van der Waals surface area contributed by atoms with Gasteiger partial charge >= 0.3 is 24.4 Å². The number of carbonyl (C=O) groups is 4. The molecule has 1 aromatic carbocycles. The summed E-state index contributed by atoms with van der Waals surface area (Å²) in [5.41, 5.74) is 5.20. The van der Waals surface area contributed by atoms with Crippen molar-refractivity contribution in [3.8, 4) is 11.5 Å². The van der Waals surface area contributed by atoms with Crippen LogP contribution in [0.1, 0.15) is 64.9 Å². The molecule has 0 amide bonds. The van der Waals surface area contributed by atoms with E-state index in [-0.39, 0.29) is 50.8 Å². The van der Waals surface area contributed by atoms with Gasteiger partial charge in [0.2, 0.25) is 0 Å². The number of hydrogen-bond donors (Lipinski definition) is 1. The number of rotatable bonds is 16. The first-order valence-corrected chi connectivity index (χ1v) is 12.7. The van der Waals surface area contributed by atoms with E-state index < -0.39 is 30.0 Å². The van der Waals surface area contributed by atoms with E-state index in [2.05, 4.69) is 0 Å². The lowest BCUT2D eigenvalue weighted by Gasteiger charge is -2.26. The molecule has 1 atom stereocenters. The van der Waals surface area contributed by atoms with E-state index in [4.69, 9.17) is 38.9 Å². The highest BCUT2D eigenvalue weighted by Crippen LogP contribution is 2.31. The molecule has 0 aliphatic rings. The summed E-state index contributed by atoms with van der Waals surface area (Å²) in [7, 11) is 1.18. The first kappa shape index (κ1) is 32.5. The number of nitrogens with two attached hydrogens (primary N) is 1. The minimum atomic E-state index is -1.60. The fourth-order valence-corrected chi connectivity index (χ4v) is 3.13. The third-order valence-corrected chi connectivity index (χ3v) is 5.09. The first-order valence-electron chi connectivity index (χ1n) is 12.7. The summed E-state index contributed by atoms with van der Waals surface area (Å²) in [5.74, 6) is -0.986. The van der Waals surface area contributed by atoms with Crippen molar-refractivity contribution in [3.63, 3.8) is 0 Å². The normalized spacial score (nSPS) is 12.0. The Labute approximate surface area is 223 Å². The van der Waals surface area contributed by atoms with Crippen LogP contribution in [0.5, 0.6) is 11.5 Å². The topological polar surface area (TPSA) is 159 Å². The quantitative estimate of drug-likeness (QED) is 0.133. The van der Waals surface area contributed by atoms with Crippen molar-refractivity contribution < 1.29 is 52.3 Å². The fourth-order valence-electron chi connectivity index (χ4n) is 3.13. The van der Waals surface area contributed by atoms with Gasteiger partial charge in [-0.3, -0.25) is 4.79 Å². The molecule has 38 heavy (non-hydrogen) atoms. The predicted molar refractivity (Wildman–Crippen MR) is 135 cm³/mol. The molecule has 0 aromatic heterocycles. The maximum absolute atomic E-state index is 12.5. The van der Waals surface area contributed by atoms with Crippen molar-refractivity contribution in [2.24, 2.45) is 5.73 Å². The summed E-state index contributed by atoms with van der Waals surface area (Å²) >= 11 is 0. The molecule has 0 saturated heterocycles. The lowest BCUT2D eigenvalue weighted by Crippen LogP contribution is -2.51. The van der Waals surface area contributed by atoms with Crippen LogP contribution in [0.4, 0.5) is 14.4 Å². The Bertz CT molecular complexity index is 905. The van der Waals surface area contributed by atoms with Gasteiger partial charge in [-0.1, -0.05) is 39.7 Å². The second-order valence-corrected chi connectivity index (χ2v) is 8.41. The first-order chi connectivity index (χ1) is 18.2. The lowest BCUT2D eigenvalue weighted by molar-refractivity contribution is -0.147. The minimum Gasteiger partial charge on any atom is -0.468 e. The number of esters is 1. The van der Waals surface area contributed by atoms with Crippen LogP contribution in [0.2, 0.25) is 0 Å². The van der Waals surface area contributed by atoms with Crippen molar-refractivity contribution in [2.45, 2.75) is 71.3 Å². The minimum absolute atomic E-state index is 0.0833. The number of unbranched alkanes of at least 4 members (excludes halogenated alkanes) is 2. The Kier molecular flexibility index (Phi) is 15.2. The Morgan fingerprint density at radius 2 is 1.32 bits per heavy atom. The van der Waals surface area contributed by atoms with Gasteiger partial charge in [-0.05, 0) is 37.0 Å².